The normalized spacial score (nSPS) is 15.9. The molecule has 2 nitrogen and oxygen atoms in total. The average molecular weight is 217 g/mol. The van der Waals surface area contributed by atoms with E-state index in [0.29, 0.717) is 6.42 Å². The first-order valence-corrected chi connectivity index (χ1v) is 5.99. The molecule has 1 aromatic carbocycles. The first-order chi connectivity index (χ1) is 7.70. The van der Waals surface area contributed by atoms with E-state index in [4.69, 9.17) is 0 Å². The zero-order valence-electron chi connectivity index (χ0n) is 10.0. The zero-order chi connectivity index (χ0) is 11.5. The van der Waals surface area contributed by atoms with Gasteiger partial charge in [0.15, 0.2) is 0 Å². The second-order valence-electron chi connectivity index (χ2n) is 4.63. The number of ketones is 1. The summed E-state index contributed by atoms with van der Waals surface area (Å²) in [5.74, 6) is 0.236. The van der Waals surface area contributed by atoms with Gasteiger partial charge in [0.25, 0.3) is 0 Å². The Bertz CT molecular complexity index is 398. The number of rotatable bonds is 4. The van der Waals surface area contributed by atoms with Gasteiger partial charge in [-0.15, -0.1) is 0 Å². The van der Waals surface area contributed by atoms with Crippen LogP contribution in [0.3, 0.4) is 0 Å². The van der Waals surface area contributed by atoms with E-state index < -0.39 is 0 Å². The molecule has 0 bridgehead atoms. The predicted octanol–water partition coefficient (Wildman–Crippen LogP) is 2.41. The van der Waals surface area contributed by atoms with Crippen molar-refractivity contribution in [3.63, 3.8) is 0 Å². The van der Waals surface area contributed by atoms with Crippen molar-refractivity contribution in [2.45, 2.75) is 38.6 Å². The molecule has 1 aliphatic rings. The Morgan fingerprint density at radius 2 is 2.12 bits per heavy atom. The number of hydrogen-bond donors (Lipinski definition) is 1. The van der Waals surface area contributed by atoms with Crippen LogP contribution in [0.25, 0.3) is 0 Å². The highest BCUT2D eigenvalue weighted by Crippen LogP contribution is 2.26. The summed E-state index contributed by atoms with van der Waals surface area (Å²) < 4.78 is 0. The molecule has 0 aromatic heterocycles. The molecule has 1 aromatic rings. The third-order valence-corrected chi connectivity index (χ3v) is 3.36. The van der Waals surface area contributed by atoms with Crippen molar-refractivity contribution < 1.29 is 4.79 Å². The highest BCUT2D eigenvalue weighted by atomic mass is 16.1. The number of hydrogen-bond acceptors (Lipinski definition) is 2. The van der Waals surface area contributed by atoms with Crippen molar-refractivity contribution in [1.82, 2.24) is 5.32 Å². The molecule has 1 N–H and O–H groups in total. The topological polar surface area (TPSA) is 29.1 Å². The first-order valence-electron chi connectivity index (χ1n) is 5.99. The molecule has 1 aliphatic carbocycles. The fourth-order valence-corrected chi connectivity index (χ4v) is 2.48. The lowest BCUT2D eigenvalue weighted by Gasteiger charge is -2.16. The van der Waals surface area contributed by atoms with Gasteiger partial charge in [0.2, 0.25) is 0 Å². The van der Waals surface area contributed by atoms with Gasteiger partial charge in [-0.3, -0.25) is 4.79 Å². The van der Waals surface area contributed by atoms with E-state index in [-0.39, 0.29) is 11.8 Å². The quantitative estimate of drug-likeness (QED) is 0.839. The fourth-order valence-electron chi connectivity index (χ4n) is 2.48. The maximum atomic E-state index is 11.2. The average Bonchev–Trinajstić information content (AvgIpc) is 2.72. The van der Waals surface area contributed by atoms with Crippen LogP contribution in [0.5, 0.6) is 0 Å². The summed E-state index contributed by atoms with van der Waals surface area (Å²) in [5.41, 5.74) is 4.21. The Balaban J connectivity index is 2.21. The first kappa shape index (κ1) is 11.3. The smallest absolute Gasteiger partial charge is 0.131 e. The van der Waals surface area contributed by atoms with Gasteiger partial charge in [-0.25, -0.2) is 0 Å². The van der Waals surface area contributed by atoms with Gasteiger partial charge >= 0.3 is 0 Å². The van der Waals surface area contributed by atoms with Gasteiger partial charge in [0, 0.05) is 12.5 Å². The lowest BCUT2D eigenvalue weighted by molar-refractivity contribution is -0.117. The van der Waals surface area contributed by atoms with E-state index >= 15 is 0 Å². The number of carbonyl (C=O) groups is 1. The molecule has 0 amide bonds. The molecule has 0 saturated carbocycles. The Labute approximate surface area is 97.1 Å². The molecule has 2 heteroatoms. The monoisotopic (exact) mass is 217 g/mol. The van der Waals surface area contributed by atoms with Crippen LogP contribution in [0, 0.1) is 0 Å². The second-order valence-corrected chi connectivity index (χ2v) is 4.63. The summed E-state index contributed by atoms with van der Waals surface area (Å²) in [6, 6.07) is 6.83. The van der Waals surface area contributed by atoms with Crippen LogP contribution in [0.15, 0.2) is 18.2 Å². The molecule has 0 spiro atoms. The number of nitrogens with one attached hydrogen (secondary N) is 1. The van der Waals surface area contributed by atoms with Crippen LogP contribution in [0.1, 0.15) is 42.5 Å². The van der Waals surface area contributed by atoms with Crippen molar-refractivity contribution in [2.75, 3.05) is 7.05 Å². The summed E-state index contributed by atoms with van der Waals surface area (Å²) in [7, 11) is 1.92. The maximum Gasteiger partial charge on any atom is 0.131 e. The highest BCUT2D eigenvalue weighted by molar-refractivity contribution is 5.76. The molecule has 0 heterocycles. The molecule has 0 aliphatic heterocycles. The molecule has 2 rings (SSSR count). The molecule has 0 radical (unpaired) electrons. The summed E-state index contributed by atoms with van der Waals surface area (Å²) in [6.07, 6.45) is 4.26. The van der Waals surface area contributed by atoms with Gasteiger partial charge in [-0.05, 0) is 49.9 Å². The molecule has 0 saturated heterocycles. The molecular formula is C14H19NO. The number of benzene rings is 1. The third kappa shape index (κ3) is 2.33. The van der Waals surface area contributed by atoms with E-state index in [1.807, 2.05) is 7.05 Å². The number of fused-ring (bicyclic) bond motifs is 1. The fraction of sp³-hybridized carbons (Fsp3) is 0.500. The summed E-state index contributed by atoms with van der Waals surface area (Å²) in [6.45, 7) is 1.65. The lowest BCUT2D eigenvalue weighted by atomic mass is 9.98. The molecular weight excluding hydrogens is 198 g/mol. The van der Waals surface area contributed by atoms with E-state index in [9.17, 15) is 4.79 Å². The lowest BCUT2D eigenvalue weighted by Crippen LogP contribution is -2.19. The molecule has 0 fully saturated rings. The SMILES string of the molecule is CNC(CC(C)=O)c1ccc2c(c1)CCC2. The summed E-state index contributed by atoms with van der Waals surface area (Å²) in [5, 5.41) is 3.22. The van der Waals surface area contributed by atoms with Crippen LogP contribution in [0.2, 0.25) is 0 Å². The van der Waals surface area contributed by atoms with Crippen molar-refractivity contribution in [1.29, 1.82) is 0 Å². The van der Waals surface area contributed by atoms with Gasteiger partial charge < -0.3 is 5.32 Å². The van der Waals surface area contributed by atoms with Gasteiger partial charge in [0.05, 0.1) is 0 Å². The summed E-state index contributed by atoms with van der Waals surface area (Å²) >= 11 is 0. The minimum absolute atomic E-state index is 0.170. The Morgan fingerprint density at radius 1 is 1.38 bits per heavy atom. The van der Waals surface area contributed by atoms with Gasteiger partial charge in [0.1, 0.15) is 5.78 Å². The Hall–Kier alpha value is -1.15. The largest absolute Gasteiger partial charge is 0.313 e. The number of aryl methyl sites for hydroxylation is 2. The van der Waals surface area contributed by atoms with Gasteiger partial charge in [-0.2, -0.15) is 0 Å². The number of carbonyl (C=O) groups excluding carboxylic acids is 1. The third-order valence-electron chi connectivity index (χ3n) is 3.36. The summed E-state index contributed by atoms with van der Waals surface area (Å²) in [4.78, 5) is 11.2. The molecule has 1 unspecified atom stereocenters. The van der Waals surface area contributed by atoms with E-state index in [1.165, 1.54) is 36.0 Å². The standard InChI is InChI=1S/C14H19NO/c1-10(16)8-14(15-2)13-7-6-11-4-3-5-12(11)9-13/h6-7,9,14-15H,3-5,8H2,1-2H3. The van der Waals surface area contributed by atoms with Crippen LogP contribution in [-0.2, 0) is 17.6 Å². The van der Waals surface area contributed by atoms with Crippen LogP contribution >= 0.6 is 0 Å². The predicted molar refractivity (Wildman–Crippen MR) is 65.6 cm³/mol. The van der Waals surface area contributed by atoms with Crippen LogP contribution in [-0.4, -0.2) is 12.8 Å². The van der Waals surface area contributed by atoms with E-state index in [1.54, 1.807) is 6.92 Å². The van der Waals surface area contributed by atoms with Crippen LogP contribution < -0.4 is 5.32 Å². The van der Waals surface area contributed by atoms with E-state index in [0.717, 1.165) is 0 Å². The Morgan fingerprint density at radius 3 is 2.81 bits per heavy atom. The molecule has 86 valence electrons. The second kappa shape index (κ2) is 4.79. The van der Waals surface area contributed by atoms with E-state index in [2.05, 4.69) is 23.5 Å². The van der Waals surface area contributed by atoms with Crippen molar-refractivity contribution >= 4 is 5.78 Å². The van der Waals surface area contributed by atoms with Crippen molar-refractivity contribution in [2.24, 2.45) is 0 Å². The minimum atomic E-state index is 0.170. The van der Waals surface area contributed by atoms with Crippen LogP contribution in [0.4, 0.5) is 0 Å². The molecule has 1 atom stereocenters. The highest BCUT2D eigenvalue weighted by Gasteiger charge is 2.15. The van der Waals surface area contributed by atoms with Gasteiger partial charge in [-0.1, -0.05) is 18.2 Å². The maximum absolute atomic E-state index is 11.2. The molecule has 16 heavy (non-hydrogen) atoms. The van der Waals surface area contributed by atoms with Crippen molar-refractivity contribution in [3.05, 3.63) is 34.9 Å². The number of Topliss-reactive ketones (excluding diaryl/α,β-unsaturated/α-hetero) is 1. The van der Waals surface area contributed by atoms with Crippen molar-refractivity contribution in [3.8, 4) is 0 Å². The Kier molecular flexibility index (Phi) is 3.39. The zero-order valence-corrected chi connectivity index (χ0v) is 10.0. The minimum Gasteiger partial charge on any atom is -0.313 e.